The fraction of sp³-hybridized carbons (Fsp3) is 0.455. The lowest BCUT2D eigenvalue weighted by molar-refractivity contribution is 0.396. The van der Waals surface area contributed by atoms with Gasteiger partial charge < -0.3 is 10.3 Å². The second-order valence-corrected chi connectivity index (χ2v) is 6.15. The van der Waals surface area contributed by atoms with E-state index in [-0.39, 0.29) is 0 Å². The van der Waals surface area contributed by atoms with E-state index in [9.17, 15) is 13.4 Å². The molecule has 0 aromatic heterocycles. The Labute approximate surface area is 107 Å². The summed E-state index contributed by atoms with van der Waals surface area (Å²) < 4.78 is 28.8. The molecule has 1 aromatic carbocycles. The molecule has 1 aliphatic rings. The zero-order valence-corrected chi connectivity index (χ0v) is 10.8. The van der Waals surface area contributed by atoms with E-state index < -0.39 is 22.5 Å². The van der Waals surface area contributed by atoms with E-state index in [2.05, 4.69) is 5.32 Å². The van der Waals surface area contributed by atoms with Crippen molar-refractivity contribution in [2.75, 3.05) is 13.1 Å². The van der Waals surface area contributed by atoms with Gasteiger partial charge in [-0.3, -0.25) is 4.10 Å². The molecule has 0 unspecified atom stereocenters. The van der Waals surface area contributed by atoms with Gasteiger partial charge in [0.15, 0.2) is 0 Å². The van der Waals surface area contributed by atoms with Gasteiger partial charge in [-0.1, -0.05) is 30.3 Å². The molecule has 18 heavy (non-hydrogen) atoms. The zero-order chi connectivity index (χ0) is 13.0. The first kappa shape index (κ1) is 13.5. The molecular weight excluding hydrogens is 253 g/mol. The van der Waals surface area contributed by atoms with Crippen LogP contribution in [-0.2, 0) is 14.2 Å². The highest BCUT2D eigenvalue weighted by Crippen LogP contribution is 2.15. The quantitative estimate of drug-likeness (QED) is 0.719. The molecule has 98 valence electrons. The summed E-state index contributed by atoms with van der Waals surface area (Å²) in [6.07, 6.45) is 1.04. The SMILES string of the molecule is O=S(=O)(OB(O)c1ccccc1)C1CCNCC1. The molecule has 1 fully saturated rings. The largest absolute Gasteiger partial charge is 0.506 e. The van der Waals surface area contributed by atoms with Gasteiger partial charge in [0.1, 0.15) is 0 Å². The van der Waals surface area contributed by atoms with Crippen molar-refractivity contribution in [1.82, 2.24) is 5.32 Å². The molecule has 0 aliphatic carbocycles. The van der Waals surface area contributed by atoms with E-state index in [1.807, 2.05) is 0 Å². The molecule has 0 spiro atoms. The number of benzene rings is 1. The van der Waals surface area contributed by atoms with Gasteiger partial charge in [0, 0.05) is 0 Å². The van der Waals surface area contributed by atoms with Crippen molar-refractivity contribution >= 4 is 22.7 Å². The van der Waals surface area contributed by atoms with Crippen LogP contribution >= 0.6 is 0 Å². The Morgan fingerprint density at radius 1 is 1.22 bits per heavy atom. The molecule has 1 aromatic rings. The van der Waals surface area contributed by atoms with Gasteiger partial charge in [-0.25, -0.2) is 8.42 Å². The number of piperidine rings is 1. The topological polar surface area (TPSA) is 75.6 Å². The minimum atomic E-state index is -3.72. The van der Waals surface area contributed by atoms with Crippen molar-refractivity contribution < 1.29 is 17.5 Å². The lowest BCUT2D eigenvalue weighted by Crippen LogP contribution is -2.42. The summed E-state index contributed by atoms with van der Waals surface area (Å²) in [4.78, 5) is 0. The Morgan fingerprint density at radius 3 is 2.44 bits per heavy atom. The maximum absolute atomic E-state index is 12.0. The van der Waals surface area contributed by atoms with Crippen LogP contribution in [-0.4, -0.2) is 38.9 Å². The number of rotatable bonds is 4. The normalized spacial score (nSPS) is 17.6. The van der Waals surface area contributed by atoms with Crippen LogP contribution in [0.2, 0.25) is 0 Å². The minimum Gasteiger partial charge on any atom is -0.422 e. The minimum absolute atomic E-state index is 0.440. The standard InChI is InChI=1S/C11H16BNO4S/c14-12(10-4-2-1-3-5-10)17-18(15,16)11-6-8-13-9-7-11/h1-5,11,13-14H,6-9H2. The predicted molar refractivity (Wildman–Crippen MR) is 69.9 cm³/mol. The van der Waals surface area contributed by atoms with Crippen molar-refractivity contribution in [2.24, 2.45) is 0 Å². The molecule has 0 saturated carbocycles. The summed E-state index contributed by atoms with van der Waals surface area (Å²) in [5, 5.41) is 12.3. The van der Waals surface area contributed by atoms with Crippen LogP contribution in [0.3, 0.4) is 0 Å². The summed E-state index contributed by atoms with van der Waals surface area (Å²) in [5.74, 6) is 0. The molecule has 0 amide bonds. The van der Waals surface area contributed by atoms with Crippen molar-refractivity contribution in [3.63, 3.8) is 0 Å². The molecule has 1 heterocycles. The van der Waals surface area contributed by atoms with E-state index >= 15 is 0 Å². The first-order valence-electron chi connectivity index (χ1n) is 5.95. The summed E-state index contributed by atoms with van der Waals surface area (Å²) in [7, 11) is -5.15. The van der Waals surface area contributed by atoms with Gasteiger partial charge in [0.25, 0.3) is 10.1 Å². The van der Waals surface area contributed by atoms with Gasteiger partial charge in [-0.15, -0.1) is 0 Å². The summed E-state index contributed by atoms with van der Waals surface area (Å²) >= 11 is 0. The van der Waals surface area contributed by atoms with E-state index in [4.69, 9.17) is 4.10 Å². The smallest absolute Gasteiger partial charge is 0.422 e. The van der Waals surface area contributed by atoms with Crippen molar-refractivity contribution in [2.45, 2.75) is 18.1 Å². The lowest BCUT2D eigenvalue weighted by atomic mass is 9.80. The van der Waals surface area contributed by atoms with Crippen LogP contribution in [0.5, 0.6) is 0 Å². The van der Waals surface area contributed by atoms with Crippen LogP contribution in [0.4, 0.5) is 0 Å². The second kappa shape index (κ2) is 5.84. The third-order valence-corrected chi connectivity index (χ3v) is 4.74. The van der Waals surface area contributed by atoms with Crippen LogP contribution in [0.25, 0.3) is 0 Å². The van der Waals surface area contributed by atoms with Gasteiger partial charge in [-0.05, 0) is 31.4 Å². The third-order valence-electron chi connectivity index (χ3n) is 3.00. The van der Waals surface area contributed by atoms with Gasteiger partial charge in [-0.2, -0.15) is 0 Å². The molecule has 2 rings (SSSR count). The molecule has 0 bridgehead atoms. The van der Waals surface area contributed by atoms with Crippen LogP contribution in [0.15, 0.2) is 30.3 Å². The monoisotopic (exact) mass is 269 g/mol. The van der Waals surface area contributed by atoms with Gasteiger partial charge in [0.2, 0.25) is 0 Å². The Kier molecular flexibility index (Phi) is 4.39. The van der Waals surface area contributed by atoms with Gasteiger partial charge >= 0.3 is 7.12 Å². The van der Waals surface area contributed by atoms with E-state index in [1.54, 1.807) is 30.3 Å². The second-order valence-electron chi connectivity index (χ2n) is 4.30. The third kappa shape index (κ3) is 3.32. The van der Waals surface area contributed by atoms with E-state index in [1.165, 1.54) is 0 Å². The average molecular weight is 269 g/mol. The molecule has 0 radical (unpaired) electrons. The summed E-state index contributed by atoms with van der Waals surface area (Å²) in [5.41, 5.74) is 0.440. The molecule has 0 atom stereocenters. The van der Waals surface area contributed by atoms with Crippen molar-refractivity contribution in [1.29, 1.82) is 0 Å². The van der Waals surface area contributed by atoms with Crippen molar-refractivity contribution in [3.05, 3.63) is 30.3 Å². The molecular formula is C11H16BNO4S. The average Bonchev–Trinajstić information content (AvgIpc) is 2.40. The maximum Gasteiger partial charge on any atom is 0.506 e. The Morgan fingerprint density at radius 2 is 1.83 bits per heavy atom. The van der Waals surface area contributed by atoms with Crippen LogP contribution in [0.1, 0.15) is 12.8 Å². The highest BCUT2D eigenvalue weighted by molar-refractivity contribution is 7.88. The first-order chi connectivity index (χ1) is 8.59. The first-order valence-corrected chi connectivity index (χ1v) is 7.42. The van der Waals surface area contributed by atoms with Crippen LogP contribution in [0, 0.1) is 0 Å². The molecule has 5 nitrogen and oxygen atoms in total. The van der Waals surface area contributed by atoms with E-state index in [0.717, 1.165) is 0 Å². The summed E-state index contributed by atoms with van der Waals surface area (Å²) in [6.45, 7) is 1.32. The van der Waals surface area contributed by atoms with Crippen LogP contribution < -0.4 is 10.8 Å². The highest BCUT2D eigenvalue weighted by atomic mass is 32.2. The fourth-order valence-corrected chi connectivity index (χ4v) is 3.30. The Balaban J connectivity index is 2.03. The molecule has 1 aliphatic heterocycles. The zero-order valence-electron chi connectivity index (χ0n) is 9.95. The Bertz CT molecular complexity index is 473. The fourth-order valence-electron chi connectivity index (χ4n) is 1.96. The number of hydrogen-bond acceptors (Lipinski definition) is 5. The Hall–Kier alpha value is -0.885. The maximum atomic E-state index is 12.0. The van der Waals surface area contributed by atoms with Gasteiger partial charge in [0.05, 0.1) is 5.25 Å². The predicted octanol–water partition coefficient (Wildman–Crippen LogP) is -0.528. The number of hydrogen-bond donors (Lipinski definition) is 2. The number of nitrogens with one attached hydrogen (secondary N) is 1. The molecule has 7 heteroatoms. The lowest BCUT2D eigenvalue weighted by Gasteiger charge is -2.22. The molecule has 1 saturated heterocycles. The molecule has 2 N–H and O–H groups in total. The summed E-state index contributed by atoms with van der Waals surface area (Å²) in [6, 6.07) is 8.49. The highest BCUT2D eigenvalue weighted by Gasteiger charge is 2.32. The van der Waals surface area contributed by atoms with E-state index in [0.29, 0.717) is 31.4 Å². The van der Waals surface area contributed by atoms with Crippen molar-refractivity contribution in [3.8, 4) is 0 Å².